The van der Waals surface area contributed by atoms with Crippen LogP contribution in [0.3, 0.4) is 0 Å². The van der Waals surface area contributed by atoms with Gasteiger partial charge in [0.05, 0.1) is 6.33 Å². The smallest absolute Gasteiger partial charge is 0.332 e. The van der Waals surface area contributed by atoms with Crippen molar-refractivity contribution in [3.63, 3.8) is 0 Å². The molecule has 3 aromatic rings. The molecule has 1 aliphatic heterocycles. The Morgan fingerprint density at radius 3 is 2.34 bits per heavy atom. The average molecular weight is 436 g/mol. The normalized spacial score (nSPS) is 14.4. The van der Waals surface area contributed by atoms with Crippen molar-refractivity contribution in [1.82, 2.24) is 28.5 Å². The molecular formula is C22H24N6O4. The van der Waals surface area contributed by atoms with Crippen molar-refractivity contribution in [2.24, 2.45) is 14.1 Å². The first-order valence-corrected chi connectivity index (χ1v) is 10.3. The topological polar surface area (TPSA) is 102 Å². The second-order valence-corrected chi connectivity index (χ2v) is 7.71. The zero-order chi connectivity index (χ0) is 22.8. The van der Waals surface area contributed by atoms with Gasteiger partial charge in [0.1, 0.15) is 6.54 Å². The van der Waals surface area contributed by atoms with Gasteiger partial charge in [0.2, 0.25) is 11.8 Å². The fourth-order valence-corrected chi connectivity index (χ4v) is 3.78. The van der Waals surface area contributed by atoms with Crippen LogP contribution in [0, 0.1) is 0 Å². The molecule has 0 unspecified atom stereocenters. The van der Waals surface area contributed by atoms with E-state index in [1.54, 1.807) is 22.9 Å². The Morgan fingerprint density at radius 2 is 1.66 bits per heavy atom. The second-order valence-electron chi connectivity index (χ2n) is 7.71. The molecule has 0 saturated carbocycles. The zero-order valence-corrected chi connectivity index (χ0v) is 18.0. The first kappa shape index (κ1) is 21.3. The van der Waals surface area contributed by atoms with Crippen molar-refractivity contribution in [2.75, 3.05) is 26.2 Å². The monoisotopic (exact) mass is 436 g/mol. The highest BCUT2D eigenvalue weighted by Crippen LogP contribution is 2.07. The van der Waals surface area contributed by atoms with E-state index in [1.165, 1.54) is 28.6 Å². The Kier molecular flexibility index (Phi) is 5.76. The Bertz CT molecular complexity index is 1310. The molecule has 4 rings (SSSR count). The molecule has 0 radical (unpaired) electrons. The number of imidazole rings is 1. The molecule has 1 fully saturated rings. The molecule has 0 atom stereocenters. The van der Waals surface area contributed by atoms with Gasteiger partial charge in [0.25, 0.3) is 5.56 Å². The molecule has 0 N–H and O–H groups in total. The van der Waals surface area contributed by atoms with E-state index < -0.39 is 11.2 Å². The Hall–Kier alpha value is -3.95. The summed E-state index contributed by atoms with van der Waals surface area (Å²) in [5.74, 6) is -0.453. The van der Waals surface area contributed by atoms with Crippen molar-refractivity contribution < 1.29 is 9.59 Å². The lowest BCUT2D eigenvalue weighted by atomic mass is 10.2. The van der Waals surface area contributed by atoms with Crippen LogP contribution in [0.25, 0.3) is 17.2 Å². The molecule has 2 aromatic heterocycles. The summed E-state index contributed by atoms with van der Waals surface area (Å²) in [5.41, 5.74) is 0.347. The largest absolute Gasteiger partial charge is 0.338 e. The molecule has 0 bridgehead atoms. The summed E-state index contributed by atoms with van der Waals surface area (Å²) in [5, 5.41) is 0. The van der Waals surface area contributed by atoms with E-state index >= 15 is 0 Å². The summed E-state index contributed by atoms with van der Waals surface area (Å²) < 4.78 is 3.73. The van der Waals surface area contributed by atoms with Crippen LogP contribution < -0.4 is 11.2 Å². The van der Waals surface area contributed by atoms with Crippen LogP contribution in [-0.2, 0) is 30.2 Å². The number of hydrogen-bond donors (Lipinski definition) is 0. The lowest BCUT2D eigenvalue weighted by Crippen LogP contribution is -2.52. The average Bonchev–Trinajstić information content (AvgIpc) is 3.21. The van der Waals surface area contributed by atoms with Gasteiger partial charge in [-0.3, -0.25) is 19.0 Å². The van der Waals surface area contributed by atoms with Crippen molar-refractivity contribution in [2.45, 2.75) is 6.54 Å². The summed E-state index contributed by atoms with van der Waals surface area (Å²) in [4.78, 5) is 58.0. The third-order valence-electron chi connectivity index (χ3n) is 5.66. The lowest BCUT2D eigenvalue weighted by Gasteiger charge is -2.34. The number of carbonyl (C=O) groups is 2. The number of aromatic nitrogens is 4. The maximum Gasteiger partial charge on any atom is 0.332 e. The first-order chi connectivity index (χ1) is 15.4. The molecular weight excluding hydrogens is 412 g/mol. The summed E-state index contributed by atoms with van der Waals surface area (Å²) in [6.45, 7) is 1.10. The van der Waals surface area contributed by atoms with Gasteiger partial charge in [-0.2, -0.15) is 0 Å². The minimum absolute atomic E-state index is 0.118. The molecule has 0 spiro atoms. The lowest BCUT2D eigenvalue weighted by molar-refractivity contribution is -0.137. The Labute approximate surface area is 183 Å². The standard InChI is InChI=1S/C22H24N6O4/c1-24-15-23-20-19(24)21(31)28(22(32)25(20)2)14-18(30)27-12-10-26(11-13-27)17(29)9-8-16-6-4-3-5-7-16/h3-9,15H,10-14H2,1-2H3/b9-8+. The van der Waals surface area contributed by atoms with Crippen LogP contribution in [0.4, 0.5) is 0 Å². The number of hydrogen-bond acceptors (Lipinski definition) is 5. The van der Waals surface area contributed by atoms with Gasteiger partial charge < -0.3 is 14.4 Å². The van der Waals surface area contributed by atoms with E-state index in [0.29, 0.717) is 26.2 Å². The highest BCUT2D eigenvalue weighted by Gasteiger charge is 2.25. The predicted molar refractivity (Wildman–Crippen MR) is 119 cm³/mol. The summed E-state index contributed by atoms with van der Waals surface area (Å²) >= 11 is 0. The predicted octanol–water partition coefficient (Wildman–Crippen LogP) is -0.182. The molecule has 1 aliphatic rings. The number of carbonyl (C=O) groups excluding carboxylic acids is 2. The number of rotatable bonds is 4. The van der Waals surface area contributed by atoms with Gasteiger partial charge in [-0.15, -0.1) is 0 Å². The summed E-state index contributed by atoms with van der Waals surface area (Å²) in [7, 11) is 3.18. The number of aryl methyl sites for hydroxylation is 2. The molecule has 32 heavy (non-hydrogen) atoms. The maximum absolute atomic E-state index is 12.8. The molecule has 10 nitrogen and oxygen atoms in total. The van der Waals surface area contributed by atoms with Crippen LogP contribution in [0.5, 0.6) is 0 Å². The fraction of sp³-hybridized carbons (Fsp3) is 0.318. The molecule has 1 saturated heterocycles. The number of amides is 2. The van der Waals surface area contributed by atoms with Gasteiger partial charge in [0.15, 0.2) is 11.2 Å². The van der Waals surface area contributed by atoms with Crippen molar-refractivity contribution in [1.29, 1.82) is 0 Å². The van der Waals surface area contributed by atoms with Crippen molar-refractivity contribution in [3.05, 3.63) is 69.1 Å². The summed E-state index contributed by atoms with van der Waals surface area (Å²) in [6.07, 6.45) is 4.75. The van der Waals surface area contributed by atoms with Gasteiger partial charge in [-0.25, -0.2) is 14.3 Å². The van der Waals surface area contributed by atoms with E-state index in [-0.39, 0.29) is 29.5 Å². The van der Waals surface area contributed by atoms with Crippen molar-refractivity contribution in [3.8, 4) is 0 Å². The van der Waals surface area contributed by atoms with Gasteiger partial charge in [-0.1, -0.05) is 30.3 Å². The number of benzene rings is 1. The molecule has 166 valence electrons. The van der Waals surface area contributed by atoms with Crippen LogP contribution >= 0.6 is 0 Å². The number of piperazine rings is 1. The molecule has 0 aliphatic carbocycles. The molecule has 2 amide bonds. The maximum atomic E-state index is 12.8. The van der Waals surface area contributed by atoms with Gasteiger partial charge >= 0.3 is 5.69 Å². The molecule has 10 heteroatoms. The van der Waals surface area contributed by atoms with Crippen LogP contribution in [0.2, 0.25) is 0 Å². The van der Waals surface area contributed by atoms with Crippen LogP contribution in [-0.4, -0.2) is 66.5 Å². The van der Waals surface area contributed by atoms with Crippen LogP contribution in [0.15, 0.2) is 52.3 Å². The van der Waals surface area contributed by atoms with Crippen LogP contribution in [0.1, 0.15) is 5.56 Å². The zero-order valence-electron chi connectivity index (χ0n) is 18.0. The van der Waals surface area contributed by atoms with E-state index in [0.717, 1.165) is 10.1 Å². The molecule has 1 aromatic carbocycles. The van der Waals surface area contributed by atoms with E-state index in [1.807, 2.05) is 30.3 Å². The van der Waals surface area contributed by atoms with E-state index in [9.17, 15) is 19.2 Å². The highest BCUT2D eigenvalue weighted by atomic mass is 16.2. The fourth-order valence-electron chi connectivity index (χ4n) is 3.78. The Morgan fingerprint density at radius 1 is 1.00 bits per heavy atom. The molecule has 3 heterocycles. The highest BCUT2D eigenvalue weighted by molar-refractivity contribution is 5.92. The third kappa shape index (κ3) is 3.98. The van der Waals surface area contributed by atoms with Gasteiger partial charge in [0, 0.05) is 46.4 Å². The van der Waals surface area contributed by atoms with Crippen molar-refractivity contribution >= 4 is 29.1 Å². The van der Waals surface area contributed by atoms with E-state index in [2.05, 4.69) is 4.98 Å². The number of fused-ring (bicyclic) bond motifs is 1. The minimum Gasteiger partial charge on any atom is -0.338 e. The summed E-state index contributed by atoms with van der Waals surface area (Å²) in [6, 6.07) is 9.54. The Balaban J connectivity index is 1.42. The second kappa shape index (κ2) is 8.66. The van der Waals surface area contributed by atoms with E-state index in [4.69, 9.17) is 0 Å². The SMILES string of the molecule is Cn1cnc2c1c(=O)n(CC(=O)N1CCN(C(=O)/C=C/c3ccccc3)CC1)c(=O)n2C. The third-order valence-corrected chi connectivity index (χ3v) is 5.66. The first-order valence-electron chi connectivity index (χ1n) is 10.3. The van der Waals surface area contributed by atoms with Gasteiger partial charge in [-0.05, 0) is 11.6 Å². The number of nitrogens with zero attached hydrogens (tertiary/aromatic N) is 6. The quantitative estimate of drug-likeness (QED) is 0.528. The minimum atomic E-state index is -0.589.